The second kappa shape index (κ2) is 5.57. The van der Waals surface area contributed by atoms with Crippen molar-refractivity contribution in [3.63, 3.8) is 0 Å². The Morgan fingerprint density at radius 3 is 2.32 bits per heavy atom. The number of benzene rings is 1. The van der Waals surface area contributed by atoms with Crippen LogP contribution < -0.4 is 5.32 Å². The van der Waals surface area contributed by atoms with Gasteiger partial charge in [0.1, 0.15) is 5.82 Å². The molecule has 0 amide bonds. The number of anilines is 1. The van der Waals surface area contributed by atoms with Gasteiger partial charge in [-0.1, -0.05) is 11.6 Å². The van der Waals surface area contributed by atoms with Crippen molar-refractivity contribution in [2.75, 3.05) is 5.32 Å². The molecule has 1 aromatic carbocycles. The highest BCUT2D eigenvalue weighted by atomic mass is 35.5. The quantitative estimate of drug-likeness (QED) is 0.756. The molecule has 1 fully saturated rings. The molecule has 6 heteroatoms. The molecule has 0 aromatic heterocycles. The predicted molar refractivity (Wildman–Crippen MR) is 66.8 cm³/mol. The molecule has 106 valence electrons. The van der Waals surface area contributed by atoms with Crippen LogP contribution in [0.2, 0.25) is 5.02 Å². The van der Waals surface area contributed by atoms with Gasteiger partial charge in [0.25, 0.3) is 0 Å². The molecular formula is C13H14ClF4N. The molecule has 0 saturated heterocycles. The SMILES string of the molecule is Fc1ccc(Cl)cc1NC1CCC(C(F)(F)F)CC1. The zero-order valence-corrected chi connectivity index (χ0v) is 10.9. The van der Waals surface area contributed by atoms with Gasteiger partial charge < -0.3 is 5.32 Å². The first kappa shape index (κ1) is 14.4. The average molecular weight is 296 g/mol. The smallest absolute Gasteiger partial charge is 0.380 e. The molecule has 1 saturated carbocycles. The highest BCUT2D eigenvalue weighted by molar-refractivity contribution is 6.30. The van der Waals surface area contributed by atoms with E-state index >= 15 is 0 Å². The standard InChI is InChI=1S/C13H14ClF4N/c14-9-3-6-11(15)12(7-9)19-10-4-1-8(2-5-10)13(16,17)18/h3,6-8,10,19H,1-2,4-5H2. The summed E-state index contributed by atoms with van der Waals surface area (Å²) in [6.45, 7) is 0. The Morgan fingerprint density at radius 2 is 1.74 bits per heavy atom. The molecule has 19 heavy (non-hydrogen) atoms. The molecule has 0 unspecified atom stereocenters. The van der Waals surface area contributed by atoms with Crippen LogP contribution >= 0.6 is 11.6 Å². The number of hydrogen-bond donors (Lipinski definition) is 1. The fourth-order valence-electron chi connectivity index (χ4n) is 2.39. The van der Waals surface area contributed by atoms with E-state index in [4.69, 9.17) is 11.6 Å². The van der Waals surface area contributed by atoms with Gasteiger partial charge in [0.15, 0.2) is 0 Å². The molecular weight excluding hydrogens is 282 g/mol. The maximum absolute atomic E-state index is 13.5. The van der Waals surface area contributed by atoms with Crippen molar-refractivity contribution in [1.29, 1.82) is 0 Å². The lowest BCUT2D eigenvalue weighted by atomic mass is 9.85. The molecule has 0 bridgehead atoms. The van der Waals surface area contributed by atoms with Crippen molar-refractivity contribution in [2.45, 2.75) is 37.9 Å². The molecule has 0 heterocycles. The van der Waals surface area contributed by atoms with E-state index in [2.05, 4.69) is 5.32 Å². The number of halogens is 5. The molecule has 1 nitrogen and oxygen atoms in total. The first-order valence-electron chi connectivity index (χ1n) is 6.14. The lowest BCUT2D eigenvalue weighted by Crippen LogP contribution is -2.33. The van der Waals surface area contributed by atoms with Crippen LogP contribution in [0.25, 0.3) is 0 Å². The Balaban J connectivity index is 1.94. The summed E-state index contributed by atoms with van der Waals surface area (Å²) in [6, 6.07) is 3.99. The van der Waals surface area contributed by atoms with Crippen LogP contribution in [0.3, 0.4) is 0 Å². The zero-order chi connectivity index (χ0) is 14.0. The van der Waals surface area contributed by atoms with Gasteiger partial charge in [-0.3, -0.25) is 0 Å². The summed E-state index contributed by atoms with van der Waals surface area (Å²) in [5.74, 6) is -1.67. The van der Waals surface area contributed by atoms with Crippen molar-refractivity contribution in [1.82, 2.24) is 0 Å². The molecule has 1 aromatic rings. The van der Waals surface area contributed by atoms with Crippen LogP contribution in [0.1, 0.15) is 25.7 Å². The molecule has 0 atom stereocenters. The molecule has 1 N–H and O–H groups in total. The summed E-state index contributed by atoms with van der Waals surface area (Å²) in [6.07, 6.45) is -3.18. The second-order valence-electron chi connectivity index (χ2n) is 4.86. The maximum Gasteiger partial charge on any atom is 0.391 e. The minimum absolute atomic E-state index is 0.0867. The highest BCUT2D eigenvalue weighted by Crippen LogP contribution is 2.38. The minimum Gasteiger partial charge on any atom is -0.380 e. The molecule has 0 radical (unpaired) electrons. The molecule has 1 aliphatic rings. The van der Waals surface area contributed by atoms with E-state index in [0.717, 1.165) is 0 Å². The summed E-state index contributed by atoms with van der Waals surface area (Å²) >= 11 is 5.76. The second-order valence-corrected chi connectivity index (χ2v) is 5.30. The van der Waals surface area contributed by atoms with E-state index in [0.29, 0.717) is 17.9 Å². The lowest BCUT2D eigenvalue weighted by molar-refractivity contribution is -0.182. The largest absolute Gasteiger partial charge is 0.391 e. The Morgan fingerprint density at radius 1 is 1.11 bits per heavy atom. The van der Waals surface area contributed by atoms with Crippen LogP contribution in [-0.4, -0.2) is 12.2 Å². The Bertz CT molecular complexity index is 439. The number of hydrogen-bond acceptors (Lipinski definition) is 1. The van der Waals surface area contributed by atoms with E-state index in [1.165, 1.54) is 18.2 Å². The Hall–Kier alpha value is -0.970. The van der Waals surface area contributed by atoms with Crippen molar-refractivity contribution < 1.29 is 17.6 Å². The lowest BCUT2D eigenvalue weighted by Gasteiger charge is -2.31. The van der Waals surface area contributed by atoms with Gasteiger partial charge in [-0.2, -0.15) is 13.2 Å². The summed E-state index contributed by atoms with van der Waals surface area (Å²) < 4.78 is 51.0. The number of alkyl halides is 3. The van der Waals surface area contributed by atoms with Gasteiger partial charge in [0.05, 0.1) is 11.6 Å². The maximum atomic E-state index is 13.5. The van der Waals surface area contributed by atoms with Gasteiger partial charge >= 0.3 is 6.18 Å². The number of rotatable bonds is 2. The average Bonchev–Trinajstić information content (AvgIpc) is 2.33. The van der Waals surface area contributed by atoms with Gasteiger partial charge in [-0.25, -0.2) is 4.39 Å². The normalized spacial score (nSPS) is 24.3. The van der Waals surface area contributed by atoms with Crippen LogP contribution in [0.15, 0.2) is 18.2 Å². The predicted octanol–water partition coefficient (Wildman–Crippen LogP) is 5.01. The fraction of sp³-hybridized carbons (Fsp3) is 0.538. The third-order valence-corrected chi connectivity index (χ3v) is 3.71. The van der Waals surface area contributed by atoms with Crippen molar-refractivity contribution in [2.24, 2.45) is 5.92 Å². The first-order valence-corrected chi connectivity index (χ1v) is 6.52. The van der Waals surface area contributed by atoms with Gasteiger partial charge in [0.2, 0.25) is 0 Å². The third kappa shape index (κ3) is 3.75. The molecule has 1 aliphatic carbocycles. The van der Waals surface area contributed by atoms with Crippen LogP contribution in [0.4, 0.5) is 23.2 Å². The van der Waals surface area contributed by atoms with Crippen molar-refractivity contribution in [3.05, 3.63) is 29.0 Å². The first-order chi connectivity index (χ1) is 8.86. The third-order valence-electron chi connectivity index (χ3n) is 3.48. The fourth-order valence-corrected chi connectivity index (χ4v) is 2.57. The summed E-state index contributed by atoms with van der Waals surface area (Å²) in [5, 5.41) is 3.33. The molecule has 2 rings (SSSR count). The molecule has 0 aliphatic heterocycles. The van der Waals surface area contributed by atoms with Crippen LogP contribution in [0, 0.1) is 11.7 Å². The van der Waals surface area contributed by atoms with Crippen molar-refractivity contribution in [3.8, 4) is 0 Å². The van der Waals surface area contributed by atoms with E-state index in [9.17, 15) is 17.6 Å². The van der Waals surface area contributed by atoms with Gasteiger partial charge in [0, 0.05) is 11.1 Å². The van der Waals surface area contributed by atoms with Crippen LogP contribution in [-0.2, 0) is 0 Å². The van der Waals surface area contributed by atoms with E-state index in [1.54, 1.807) is 0 Å². The van der Waals surface area contributed by atoms with Crippen molar-refractivity contribution >= 4 is 17.3 Å². The molecule has 0 spiro atoms. The van der Waals surface area contributed by atoms with E-state index in [-0.39, 0.29) is 24.6 Å². The highest BCUT2D eigenvalue weighted by Gasteiger charge is 2.41. The Kier molecular flexibility index (Phi) is 4.23. The zero-order valence-electron chi connectivity index (χ0n) is 10.1. The van der Waals surface area contributed by atoms with E-state index < -0.39 is 17.9 Å². The number of nitrogens with one attached hydrogen (secondary N) is 1. The van der Waals surface area contributed by atoms with E-state index in [1.807, 2.05) is 0 Å². The Labute approximate surface area is 113 Å². The summed E-state index contributed by atoms with van der Waals surface area (Å²) in [5.41, 5.74) is 0.253. The summed E-state index contributed by atoms with van der Waals surface area (Å²) in [4.78, 5) is 0. The summed E-state index contributed by atoms with van der Waals surface area (Å²) in [7, 11) is 0. The minimum atomic E-state index is -4.12. The van der Waals surface area contributed by atoms with Gasteiger partial charge in [-0.15, -0.1) is 0 Å². The monoisotopic (exact) mass is 295 g/mol. The topological polar surface area (TPSA) is 12.0 Å². The van der Waals surface area contributed by atoms with Crippen LogP contribution in [0.5, 0.6) is 0 Å². The van der Waals surface area contributed by atoms with Gasteiger partial charge in [-0.05, 0) is 43.9 Å².